The van der Waals surface area contributed by atoms with Crippen molar-refractivity contribution in [2.24, 2.45) is 0 Å². The third kappa shape index (κ3) is 3.26. The fourth-order valence-electron chi connectivity index (χ4n) is 2.62. The maximum Gasteiger partial charge on any atom is 0.315 e. The van der Waals surface area contributed by atoms with Crippen LogP contribution in [0.3, 0.4) is 0 Å². The first-order chi connectivity index (χ1) is 12.0. The zero-order valence-corrected chi connectivity index (χ0v) is 14.3. The van der Waals surface area contributed by atoms with Gasteiger partial charge in [-0.1, -0.05) is 13.0 Å². The van der Waals surface area contributed by atoms with Gasteiger partial charge in [0.15, 0.2) is 5.75 Å². The number of H-pyrrole nitrogens is 1. The van der Waals surface area contributed by atoms with Crippen molar-refractivity contribution in [3.05, 3.63) is 46.0 Å². The Bertz CT molecular complexity index is 933. The number of nitrogens with one attached hydrogen (secondary N) is 1. The fraction of sp³-hybridized carbons (Fsp3) is 0.278. The van der Waals surface area contributed by atoms with Gasteiger partial charge in [-0.15, -0.1) is 0 Å². The lowest BCUT2D eigenvalue weighted by Gasteiger charge is -2.11. The van der Waals surface area contributed by atoms with Crippen LogP contribution in [0.15, 0.2) is 30.3 Å². The molecule has 0 amide bonds. The summed E-state index contributed by atoms with van der Waals surface area (Å²) < 4.78 is 10.9. The van der Waals surface area contributed by atoms with E-state index in [1.807, 2.05) is 32.0 Å². The first kappa shape index (κ1) is 16.8. The molecule has 3 rings (SSSR count). The summed E-state index contributed by atoms with van der Waals surface area (Å²) in [5, 5.41) is 11.5. The largest absolute Gasteiger partial charge is 0.493 e. The highest BCUT2D eigenvalue weighted by Gasteiger charge is 2.23. The van der Waals surface area contributed by atoms with Crippen molar-refractivity contribution in [3.8, 4) is 22.9 Å². The van der Waals surface area contributed by atoms with Crippen LogP contribution in [0.1, 0.15) is 18.9 Å². The van der Waals surface area contributed by atoms with Gasteiger partial charge in [0.25, 0.3) is 0 Å². The van der Waals surface area contributed by atoms with Crippen molar-refractivity contribution in [3.63, 3.8) is 0 Å². The highest BCUT2D eigenvalue weighted by molar-refractivity contribution is 5.81. The molecule has 3 aromatic rings. The third-order valence-electron chi connectivity index (χ3n) is 3.81. The predicted molar refractivity (Wildman–Crippen MR) is 95.3 cm³/mol. The van der Waals surface area contributed by atoms with Crippen LogP contribution in [-0.4, -0.2) is 28.6 Å². The quantitative estimate of drug-likeness (QED) is 0.535. The Kier molecular flexibility index (Phi) is 4.56. The molecule has 0 aliphatic heterocycles. The summed E-state index contributed by atoms with van der Waals surface area (Å²) >= 11 is 0. The van der Waals surface area contributed by atoms with Gasteiger partial charge < -0.3 is 14.5 Å². The predicted octanol–water partition coefficient (Wildman–Crippen LogP) is 4.24. The Hall–Kier alpha value is -3.09. The maximum absolute atomic E-state index is 11.5. The number of nitro benzene ring substituents is 1. The van der Waals surface area contributed by atoms with Gasteiger partial charge in [-0.25, -0.2) is 4.98 Å². The molecule has 0 fully saturated rings. The summed E-state index contributed by atoms with van der Waals surface area (Å²) in [5.41, 5.74) is 3.21. The Morgan fingerprint density at radius 2 is 2.08 bits per heavy atom. The van der Waals surface area contributed by atoms with Gasteiger partial charge in [-0.05, 0) is 37.1 Å². The second-order valence-corrected chi connectivity index (χ2v) is 5.74. The monoisotopic (exact) mass is 341 g/mol. The molecule has 0 unspecified atom stereocenters. The van der Waals surface area contributed by atoms with Gasteiger partial charge in [0.2, 0.25) is 5.75 Å². The number of benzene rings is 2. The summed E-state index contributed by atoms with van der Waals surface area (Å²) in [4.78, 5) is 18.7. The van der Waals surface area contributed by atoms with Crippen molar-refractivity contribution < 1.29 is 14.4 Å². The van der Waals surface area contributed by atoms with Crippen LogP contribution >= 0.6 is 0 Å². The summed E-state index contributed by atoms with van der Waals surface area (Å²) in [6, 6.07) is 9.02. The van der Waals surface area contributed by atoms with E-state index in [-0.39, 0.29) is 11.4 Å². The number of nitro groups is 1. The van der Waals surface area contributed by atoms with E-state index >= 15 is 0 Å². The van der Waals surface area contributed by atoms with Crippen LogP contribution in [0.2, 0.25) is 0 Å². The molecule has 0 saturated heterocycles. The minimum atomic E-state index is -0.468. The standard InChI is InChI=1S/C18H19N3O4/c1-4-7-25-17-15(21(22)23)9-12(10-16(17)24-3)18-19-13-6-5-11(2)8-14(13)20-18/h5-6,8-10H,4,7H2,1-3H3,(H,19,20). The van der Waals surface area contributed by atoms with Crippen molar-refractivity contribution >= 4 is 16.7 Å². The number of aromatic nitrogens is 2. The van der Waals surface area contributed by atoms with Crippen LogP contribution in [-0.2, 0) is 0 Å². The number of fused-ring (bicyclic) bond motifs is 1. The van der Waals surface area contributed by atoms with E-state index in [0.717, 1.165) is 23.0 Å². The number of aromatic amines is 1. The first-order valence-corrected chi connectivity index (χ1v) is 7.99. The van der Waals surface area contributed by atoms with Gasteiger partial charge in [0, 0.05) is 11.6 Å². The van der Waals surface area contributed by atoms with Crippen LogP contribution in [0, 0.1) is 17.0 Å². The molecule has 1 heterocycles. The number of nitrogens with zero attached hydrogens (tertiary/aromatic N) is 2. The van der Waals surface area contributed by atoms with Crippen LogP contribution in [0.25, 0.3) is 22.4 Å². The Morgan fingerprint density at radius 1 is 1.28 bits per heavy atom. The molecule has 0 saturated carbocycles. The highest BCUT2D eigenvalue weighted by Crippen LogP contribution is 2.41. The first-order valence-electron chi connectivity index (χ1n) is 7.99. The van der Waals surface area contributed by atoms with Crippen molar-refractivity contribution in [1.82, 2.24) is 9.97 Å². The van der Waals surface area contributed by atoms with E-state index < -0.39 is 4.92 Å². The smallest absolute Gasteiger partial charge is 0.315 e. The van der Waals surface area contributed by atoms with E-state index in [0.29, 0.717) is 23.7 Å². The zero-order valence-electron chi connectivity index (χ0n) is 14.3. The number of hydrogen-bond donors (Lipinski definition) is 1. The van der Waals surface area contributed by atoms with E-state index in [1.54, 1.807) is 6.07 Å². The lowest BCUT2D eigenvalue weighted by molar-refractivity contribution is -0.385. The summed E-state index contributed by atoms with van der Waals surface area (Å²) in [6.07, 6.45) is 0.741. The second kappa shape index (κ2) is 6.80. The molecular formula is C18H19N3O4. The number of ether oxygens (including phenoxy) is 2. The molecule has 0 spiro atoms. The molecule has 1 N–H and O–H groups in total. The van der Waals surface area contributed by atoms with Gasteiger partial charge in [0.05, 0.1) is 29.7 Å². The average molecular weight is 341 g/mol. The molecule has 1 aromatic heterocycles. The van der Waals surface area contributed by atoms with Crippen molar-refractivity contribution in [1.29, 1.82) is 0 Å². The second-order valence-electron chi connectivity index (χ2n) is 5.74. The molecule has 0 radical (unpaired) electrons. The van der Waals surface area contributed by atoms with E-state index in [2.05, 4.69) is 9.97 Å². The summed E-state index contributed by atoms with van der Waals surface area (Å²) in [6.45, 7) is 4.30. The normalized spacial score (nSPS) is 10.8. The molecule has 2 aromatic carbocycles. The number of aryl methyl sites for hydroxylation is 1. The fourth-order valence-corrected chi connectivity index (χ4v) is 2.62. The molecule has 0 aliphatic rings. The molecule has 25 heavy (non-hydrogen) atoms. The van der Waals surface area contributed by atoms with Crippen molar-refractivity contribution in [2.75, 3.05) is 13.7 Å². The summed E-state index contributed by atoms with van der Waals surface area (Å²) in [5.74, 6) is 1.00. The lowest BCUT2D eigenvalue weighted by atomic mass is 10.1. The number of methoxy groups -OCH3 is 1. The molecule has 7 nitrogen and oxygen atoms in total. The zero-order chi connectivity index (χ0) is 18.0. The van der Waals surface area contributed by atoms with Crippen molar-refractivity contribution in [2.45, 2.75) is 20.3 Å². The Morgan fingerprint density at radius 3 is 2.76 bits per heavy atom. The lowest BCUT2D eigenvalue weighted by Crippen LogP contribution is -2.02. The number of hydrogen-bond acceptors (Lipinski definition) is 5. The van der Waals surface area contributed by atoms with Gasteiger partial charge >= 0.3 is 5.69 Å². The Labute approximate surface area is 144 Å². The topological polar surface area (TPSA) is 90.3 Å². The minimum absolute atomic E-state index is 0.139. The molecule has 130 valence electrons. The minimum Gasteiger partial charge on any atom is -0.493 e. The van der Waals surface area contributed by atoms with E-state index in [1.165, 1.54) is 13.2 Å². The molecular weight excluding hydrogens is 322 g/mol. The van der Waals surface area contributed by atoms with Crippen LogP contribution < -0.4 is 9.47 Å². The van der Waals surface area contributed by atoms with Gasteiger partial charge in [-0.2, -0.15) is 0 Å². The highest BCUT2D eigenvalue weighted by atomic mass is 16.6. The Balaban J connectivity index is 2.14. The average Bonchev–Trinajstić information content (AvgIpc) is 3.02. The SMILES string of the molecule is CCCOc1c(OC)cc(-c2nc3ccc(C)cc3[nH]2)cc1[N+](=O)[O-]. The molecule has 0 aliphatic carbocycles. The van der Waals surface area contributed by atoms with E-state index in [4.69, 9.17) is 9.47 Å². The number of rotatable bonds is 6. The van der Waals surface area contributed by atoms with Gasteiger partial charge in [0.1, 0.15) is 5.82 Å². The van der Waals surface area contributed by atoms with Crippen LogP contribution in [0.4, 0.5) is 5.69 Å². The third-order valence-corrected chi connectivity index (χ3v) is 3.81. The molecule has 0 atom stereocenters. The molecule has 7 heteroatoms. The molecule has 0 bridgehead atoms. The number of imidazole rings is 1. The maximum atomic E-state index is 11.5. The van der Waals surface area contributed by atoms with Gasteiger partial charge in [-0.3, -0.25) is 10.1 Å². The summed E-state index contributed by atoms with van der Waals surface area (Å²) in [7, 11) is 1.46. The van der Waals surface area contributed by atoms with E-state index in [9.17, 15) is 10.1 Å². The van der Waals surface area contributed by atoms with Crippen LogP contribution in [0.5, 0.6) is 11.5 Å².